The molecule has 3 aromatic rings. The molecule has 0 unspecified atom stereocenters. The Kier molecular flexibility index (Phi) is 5.02. The Morgan fingerprint density at radius 2 is 1.88 bits per heavy atom. The standard InChI is InChI=1S/C20H23N3O.ClH/c1-14-15(2)23(13-24-3)20-18(8-10-21-19(14)20)22-11-9-16-6-4-5-7-17(16)12-22;/h4-8,10H,9,11-13H2,1-3H3;1H. The molecule has 0 aliphatic carbocycles. The summed E-state index contributed by atoms with van der Waals surface area (Å²) in [5.74, 6) is 0. The van der Waals surface area contributed by atoms with Gasteiger partial charge in [0.1, 0.15) is 6.73 Å². The minimum Gasteiger partial charge on any atom is -0.365 e. The van der Waals surface area contributed by atoms with Gasteiger partial charge in [-0.1, -0.05) is 24.3 Å². The normalized spacial score (nSPS) is 13.6. The first-order valence-electron chi connectivity index (χ1n) is 8.45. The molecular formula is C20H24ClN3O. The predicted molar refractivity (Wildman–Crippen MR) is 105 cm³/mol. The maximum atomic E-state index is 5.45. The number of aryl methyl sites for hydroxylation is 1. The molecule has 4 rings (SSSR count). The number of fused-ring (bicyclic) bond motifs is 2. The van der Waals surface area contributed by atoms with E-state index >= 15 is 0 Å². The first-order valence-corrected chi connectivity index (χ1v) is 8.45. The van der Waals surface area contributed by atoms with Crippen molar-refractivity contribution in [2.45, 2.75) is 33.5 Å². The van der Waals surface area contributed by atoms with Crippen LogP contribution in [-0.4, -0.2) is 23.2 Å². The lowest BCUT2D eigenvalue weighted by atomic mass is 9.99. The quantitative estimate of drug-likeness (QED) is 0.702. The van der Waals surface area contributed by atoms with E-state index in [1.807, 2.05) is 6.20 Å². The molecule has 4 nitrogen and oxygen atoms in total. The Morgan fingerprint density at radius 1 is 1.12 bits per heavy atom. The van der Waals surface area contributed by atoms with Gasteiger partial charge >= 0.3 is 0 Å². The highest BCUT2D eigenvalue weighted by atomic mass is 35.5. The van der Waals surface area contributed by atoms with Crippen LogP contribution < -0.4 is 4.90 Å². The molecule has 1 aliphatic rings. The minimum absolute atomic E-state index is 0. The summed E-state index contributed by atoms with van der Waals surface area (Å²) in [6, 6.07) is 10.9. The molecular weight excluding hydrogens is 334 g/mol. The average molecular weight is 358 g/mol. The van der Waals surface area contributed by atoms with E-state index in [1.165, 1.54) is 33.6 Å². The summed E-state index contributed by atoms with van der Waals surface area (Å²) in [6.07, 6.45) is 3.02. The number of nitrogens with zero attached hydrogens (tertiary/aromatic N) is 3. The summed E-state index contributed by atoms with van der Waals surface area (Å²) in [6.45, 7) is 6.83. The summed E-state index contributed by atoms with van der Waals surface area (Å²) in [7, 11) is 1.74. The third-order valence-electron chi connectivity index (χ3n) is 5.21. The summed E-state index contributed by atoms with van der Waals surface area (Å²) < 4.78 is 7.69. The maximum absolute atomic E-state index is 5.45. The van der Waals surface area contributed by atoms with Gasteiger partial charge in [0.2, 0.25) is 0 Å². The van der Waals surface area contributed by atoms with Crippen molar-refractivity contribution in [1.82, 2.24) is 9.55 Å². The zero-order valence-corrected chi connectivity index (χ0v) is 15.8. The first-order chi connectivity index (χ1) is 11.7. The minimum atomic E-state index is 0. The highest BCUT2D eigenvalue weighted by Gasteiger charge is 2.22. The molecule has 25 heavy (non-hydrogen) atoms. The fourth-order valence-corrected chi connectivity index (χ4v) is 3.77. The van der Waals surface area contributed by atoms with E-state index in [1.54, 1.807) is 7.11 Å². The van der Waals surface area contributed by atoms with Crippen molar-refractivity contribution in [2.24, 2.45) is 0 Å². The molecule has 0 radical (unpaired) electrons. The molecule has 1 aromatic carbocycles. The van der Waals surface area contributed by atoms with Crippen LogP contribution in [0, 0.1) is 13.8 Å². The predicted octanol–water partition coefficient (Wildman–Crippen LogP) is 4.24. The zero-order valence-electron chi connectivity index (χ0n) is 15.0. The molecule has 1 aliphatic heterocycles. The average Bonchev–Trinajstić information content (AvgIpc) is 2.87. The summed E-state index contributed by atoms with van der Waals surface area (Å²) in [4.78, 5) is 7.11. The van der Waals surface area contributed by atoms with E-state index < -0.39 is 0 Å². The van der Waals surface area contributed by atoms with Gasteiger partial charge in [0.25, 0.3) is 0 Å². The largest absolute Gasteiger partial charge is 0.365 e. The Labute approximate surface area is 154 Å². The molecule has 5 heteroatoms. The highest BCUT2D eigenvalue weighted by molar-refractivity contribution is 5.92. The van der Waals surface area contributed by atoms with Crippen molar-refractivity contribution in [3.8, 4) is 0 Å². The van der Waals surface area contributed by atoms with Crippen LogP contribution in [0.4, 0.5) is 5.69 Å². The van der Waals surface area contributed by atoms with Crippen LogP contribution in [0.3, 0.4) is 0 Å². The maximum Gasteiger partial charge on any atom is 0.122 e. The fraction of sp³-hybridized carbons (Fsp3) is 0.350. The third kappa shape index (κ3) is 2.90. The fourth-order valence-electron chi connectivity index (χ4n) is 3.77. The highest BCUT2D eigenvalue weighted by Crippen LogP contribution is 2.34. The smallest absolute Gasteiger partial charge is 0.122 e. The number of methoxy groups -OCH3 is 1. The van der Waals surface area contributed by atoms with Gasteiger partial charge in [-0.15, -0.1) is 12.4 Å². The van der Waals surface area contributed by atoms with Crippen molar-refractivity contribution in [1.29, 1.82) is 0 Å². The van der Waals surface area contributed by atoms with Crippen LogP contribution in [0.15, 0.2) is 36.5 Å². The van der Waals surface area contributed by atoms with Crippen molar-refractivity contribution in [2.75, 3.05) is 18.6 Å². The number of hydrogen-bond acceptors (Lipinski definition) is 3. The second-order valence-electron chi connectivity index (χ2n) is 6.52. The SMILES string of the molecule is COCn1c(C)c(C)c2nccc(N3CCc4ccccc4C3)c21.Cl. The molecule has 0 spiro atoms. The van der Waals surface area contributed by atoms with E-state index in [9.17, 15) is 0 Å². The van der Waals surface area contributed by atoms with E-state index in [-0.39, 0.29) is 12.4 Å². The van der Waals surface area contributed by atoms with Crippen LogP contribution >= 0.6 is 12.4 Å². The van der Waals surface area contributed by atoms with Crippen molar-refractivity contribution in [3.63, 3.8) is 0 Å². The number of halogens is 1. The number of benzene rings is 1. The van der Waals surface area contributed by atoms with Gasteiger partial charge in [0, 0.05) is 32.1 Å². The molecule has 0 N–H and O–H groups in total. The van der Waals surface area contributed by atoms with Crippen molar-refractivity contribution < 1.29 is 4.74 Å². The number of ether oxygens (including phenoxy) is 1. The third-order valence-corrected chi connectivity index (χ3v) is 5.21. The molecule has 0 atom stereocenters. The summed E-state index contributed by atoms with van der Waals surface area (Å²) >= 11 is 0. The Bertz CT molecular complexity index is 903. The van der Waals surface area contributed by atoms with Crippen LogP contribution in [-0.2, 0) is 24.4 Å². The molecule has 0 saturated carbocycles. The topological polar surface area (TPSA) is 30.3 Å². The lowest BCUT2D eigenvalue weighted by Crippen LogP contribution is -2.30. The van der Waals surface area contributed by atoms with Crippen LogP contribution in [0.5, 0.6) is 0 Å². The van der Waals surface area contributed by atoms with E-state index in [0.717, 1.165) is 25.0 Å². The number of hydrogen-bond donors (Lipinski definition) is 0. The Morgan fingerprint density at radius 3 is 2.64 bits per heavy atom. The monoisotopic (exact) mass is 357 g/mol. The second kappa shape index (κ2) is 7.06. The lowest BCUT2D eigenvalue weighted by molar-refractivity contribution is 0.133. The summed E-state index contributed by atoms with van der Waals surface area (Å²) in [5, 5.41) is 0. The molecule has 2 aromatic heterocycles. The van der Waals surface area contributed by atoms with Gasteiger partial charge in [-0.2, -0.15) is 0 Å². The molecule has 0 saturated heterocycles. The van der Waals surface area contributed by atoms with Gasteiger partial charge in [0.05, 0.1) is 16.7 Å². The number of anilines is 1. The van der Waals surface area contributed by atoms with Gasteiger partial charge in [0.15, 0.2) is 0 Å². The van der Waals surface area contributed by atoms with Gasteiger partial charge in [-0.25, -0.2) is 0 Å². The van der Waals surface area contributed by atoms with E-state index in [0.29, 0.717) is 6.73 Å². The second-order valence-corrected chi connectivity index (χ2v) is 6.52. The Balaban J connectivity index is 0.00000182. The number of rotatable bonds is 3. The number of aromatic nitrogens is 2. The molecule has 0 amide bonds. The lowest BCUT2D eigenvalue weighted by Gasteiger charge is -2.31. The zero-order chi connectivity index (χ0) is 16.7. The van der Waals surface area contributed by atoms with Crippen LogP contribution in [0.1, 0.15) is 22.4 Å². The first kappa shape index (κ1) is 17.8. The van der Waals surface area contributed by atoms with Gasteiger partial charge in [-0.3, -0.25) is 4.98 Å². The molecule has 132 valence electrons. The van der Waals surface area contributed by atoms with Crippen molar-refractivity contribution >= 4 is 29.1 Å². The molecule has 0 fully saturated rings. The molecule has 0 bridgehead atoms. The van der Waals surface area contributed by atoms with Crippen molar-refractivity contribution in [3.05, 3.63) is 58.9 Å². The number of pyridine rings is 1. The van der Waals surface area contributed by atoms with Gasteiger partial charge in [-0.05, 0) is 43.0 Å². The van der Waals surface area contributed by atoms with E-state index in [2.05, 4.69) is 58.6 Å². The van der Waals surface area contributed by atoms with Gasteiger partial charge < -0.3 is 14.2 Å². The molecule has 3 heterocycles. The summed E-state index contributed by atoms with van der Waals surface area (Å²) in [5.41, 5.74) is 8.88. The van der Waals surface area contributed by atoms with E-state index in [4.69, 9.17) is 4.74 Å². The van der Waals surface area contributed by atoms with Crippen LogP contribution in [0.25, 0.3) is 11.0 Å². The van der Waals surface area contributed by atoms with Crippen LogP contribution in [0.2, 0.25) is 0 Å². The Hall–Kier alpha value is -2.04.